The first-order valence-electron chi connectivity index (χ1n) is 10.3. The normalized spacial score (nSPS) is 31.4. The fourth-order valence-electron chi connectivity index (χ4n) is 5.17. The molecule has 1 aliphatic heterocycles. The molecular weight excluding hydrogens is 536 g/mol. The number of hydrogen-bond donors (Lipinski definition) is 2. The van der Waals surface area contributed by atoms with Crippen LogP contribution in [-0.2, 0) is 9.53 Å². The Morgan fingerprint density at radius 3 is 2.44 bits per heavy atom. The number of alkyl halides is 5. The molecule has 0 radical (unpaired) electrons. The number of anilines is 1. The Morgan fingerprint density at radius 2 is 1.86 bits per heavy atom. The van der Waals surface area contributed by atoms with Gasteiger partial charge in [0.25, 0.3) is 11.8 Å². The SMILES string of the molecule is COc1c([C@@H]2[C@H](C(=O)Nc3ccnc(C(N)=O)c3)OC3(C(F)(F)F)C(Cl)C(Cl)C23C)ccc(F)c1F. The van der Waals surface area contributed by atoms with Crippen molar-refractivity contribution in [1.82, 2.24) is 4.98 Å². The second kappa shape index (κ2) is 8.70. The number of hydrogen-bond acceptors (Lipinski definition) is 5. The third kappa shape index (κ3) is 3.45. The van der Waals surface area contributed by atoms with Crippen LogP contribution in [0.3, 0.4) is 0 Å². The van der Waals surface area contributed by atoms with Gasteiger partial charge >= 0.3 is 6.18 Å². The number of fused-ring (bicyclic) bond motifs is 1. The zero-order valence-corrected chi connectivity index (χ0v) is 20.0. The minimum absolute atomic E-state index is 0.0290. The first-order valence-corrected chi connectivity index (χ1v) is 11.2. The summed E-state index contributed by atoms with van der Waals surface area (Å²) in [7, 11) is 0.997. The predicted molar refractivity (Wildman–Crippen MR) is 118 cm³/mol. The summed E-state index contributed by atoms with van der Waals surface area (Å²) in [6.07, 6.45) is -5.90. The van der Waals surface area contributed by atoms with Crippen LogP contribution < -0.4 is 15.8 Å². The molecule has 1 aromatic heterocycles. The molecule has 14 heteroatoms. The maximum Gasteiger partial charge on any atom is 0.419 e. The van der Waals surface area contributed by atoms with Crippen LogP contribution in [0, 0.1) is 17.0 Å². The molecule has 4 rings (SSSR count). The van der Waals surface area contributed by atoms with E-state index in [1.165, 1.54) is 6.07 Å². The zero-order chi connectivity index (χ0) is 26.8. The van der Waals surface area contributed by atoms with Crippen molar-refractivity contribution in [1.29, 1.82) is 0 Å². The van der Waals surface area contributed by atoms with Gasteiger partial charge in [-0.3, -0.25) is 14.6 Å². The van der Waals surface area contributed by atoms with E-state index in [2.05, 4.69) is 10.3 Å². The van der Waals surface area contributed by atoms with Crippen LogP contribution in [0.15, 0.2) is 30.5 Å². The van der Waals surface area contributed by atoms with Crippen molar-refractivity contribution in [2.24, 2.45) is 11.1 Å². The molecule has 36 heavy (non-hydrogen) atoms. The molecule has 6 atom stereocenters. The molecule has 0 spiro atoms. The van der Waals surface area contributed by atoms with Gasteiger partial charge < -0.3 is 20.5 Å². The minimum Gasteiger partial charge on any atom is -0.493 e. The molecule has 2 heterocycles. The third-order valence-electron chi connectivity index (χ3n) is 6.86. The van der Waals surface area contributed by atoms with Crippen LogP contribution in [0.4, 0.5) is 27.6 Å². The monoisotopic (exact) mass is 553 g/mol. The number of primary amides is 1. The highest BCUT2D eigenvalue weighted by molar-refractivity contribution is 6.33. The molecule has 2 aromatic rings. The third-order valence-corrected chi connectivity index (χ3v) is 8.25. The lowest BCUT2D eigenvalue weighted by Crippen LogP contribution is -2.77. The maximum absolute atomic E-state index is 14.6. The standard InChI is InChI=1S/C22H18Cl2F5N3O4/c1-20-12(9-3-4-10(25)13(26)14(9)35-2)15(36-21(20,22(27,28)29)17(24)16(20)23)19(34)32-8-5-6-31-11(7-8)18(30)33/h3-7,12,15-17H,1-2H3,(H2,30,33)(H,31,32,34)/t12-,15-,16?,17?,20?,21?/m1/s1. The molecular formula is C22H18Cl2F5N3O4. The lowest BCUT2D eigenvalue weighted by molar-refractivity contribution is -0.323. The molecule has 7 nitrogen and oxygen atoms in total. The largest absolute Gasteiger partial charge is 0.493 e. The summed E-state index contributed by atoms with van der Waals surface area (Å²) in [5.41, 5.74) is -0.552. The highest BCUT2D eigenvalue weighted by Gasteiger charge is 2.88. The van der Waals surface area contributed by atoms with E-state index < -0.39 is 69.2 Å². The summed E-state index contributed by atoms with van der Waals surface area (Å²) in [6, 6.07) is 4.07. The summed E-state index contributed by atoms with van der Waals surface area (Å²) in [5, 5.41) is -0.835. The van der Waals surface area contributed by atoms with Crippen LogP contribution in [-0.4, -0.2) is 52.5 Å². The molecule has 1 saturated carbocycles. The number of nitrogens with zero attached hydrogens (tertiary/aromatic N) is 1. The van der Waals surface area contributed by atoms with Gasteiger partial charge in [-0.2, -0.15) is 17.6 Å². The van der Waals surface area contributed by atoms with Crippen LogP contribution in [0.5, 0.6) is 5.75 Å². The average molecular weight is 554 g/mol. The van der Waals surface area contributed by atoms with Gasteiger partial charge in [-0.1, -0.05) is 13.0 Å². The van der Waals surface area contributed by atoms with Gasteiger partial charge in [0.15, 0.2) is 17.2 Å². The van der Waals surface area contributed by atoms with Crippen molar-refractivity contribution < 1.29 is 41.0 Å². The highest BCUT2D eigenvalue weighted by atomic mass is 35.5. The molecule has 2 fully saturated rings. The lowest BCUT2D eigenvalue weighted by Gasteiger charge is -2.60. The van der Waals surface area contributed by atoms with Crippen LogP contribution in [0.25, 0.3) is 0 Å². The number of amides is 2. The molecule has 0 bridgehead atoms. The van der Waals surface area contributed by atoms with Gasteiger partial charge in [-0.15, -0.1) is 23.2 Å². The van der Waals surface area contributed by atoms with E-state index in [-0.39, 0.29) is 16.9 Å². The maximum atomic E-state index is 14.6. The molecule has 1 aromatic carbocycles. The van der Waals surface area contributed by atoms with E-state index in [4.69, 9.17) is 38.4 Å². The Hall–Kier alpha value is -2.70. The second-order valence-corrected chi connectivity index (χ2v) is 9.54. The van der Waals surface area contributed by atoms with Crippen molar-refractivity contribution in [2.75, 3.05) is 12.4 Å². The van der Waals surface area contributed by atoms with E-state index >= 15 is 0 Å². The quantitative estimate of drug-likeness (QED) is 0.428. The fraction of sp³-hybridized carbons (Fsp3) is 0.409. The van der Waals surface area contributed by atoms with E-state index in [9.17, 15) is 31.5 Å². The number of aromatic nitrogens is 1. The number of benzene rings is 1. The van der Waals surface area contributed by atoms with Gasteiger partial charge in [0.05, 0.1) is 17.9 Å². The van der Waals surface area contributed by atoms with Gasteiger partial charge in [-0.05, 0) is 18.2 Å². The Morgan fingerprint density at radius 1 is 1.19 bits per heavy atom. The average Bonchev–Trinajstić information content (AvgIpc) is 3.08. The Balaban J connectivity index is 1.87. The summed E-state index contributed by atoms with van der Waals surface area (Å²) in [6.45, 7) is 1.12. The second-order valence-electron chi connectivity index (χ2n) is 8.60. The number of methoxy groups -OCH3 is 1. The van der Waals surface area contributed by atoms with Crippen LogP contribution in [0.1, 0.15) is 28.9 Å². The van der Waals surface area contributed by atoms with Gasteiger partial charge in [0.1, 0.15) is 11.8 Å². The summed E-state index contributed by atoms with van der Waals surface area (Å²) < 4.78 is 82.5. The van der Waals surface area contributed by atoms with E-state index in [0.717, 1.165) is 32.4 Å². The number of ether oxygens (including phenoxy) is 2. The van der Waals surface area contributed by atoms with Crippen molar-refractivity contribution in [3.05, 3.63) is 53.4 Å². The van der Waals surface area contributed by atoms with Crippen molar-refractivity contribution in [2.45, 2.75) is 41.5 Å². The smallest absolute Gasteiger partial charge is 0.419 e. The first kappa shape index (κ1) is 26.4. The number of nitrogens with two attached hydrogens (primary N) is 1. The molecule has 1 aliphatic carbocycles. The Kier molecular flexibility index (Phi) is 6.37. The van der Waals surface area contributed by atoms with Crippen molar-refractivity contribution in [3.8, 4) is 5.75 Å². The van der Waals surface area contributed by atoms with Gasteiger partial charge in [0.2, 0.25) is 5.82 Å². The summed E-state index contributed by atoms with van der Waals surface area (Å²) in [5.74, 6) is -7.08. The van der Waals surface area contributed by atoms with Crippen molar-refractivity contribution >= 4 is 40.7 Å². The first-order chi connectivity index (χ1) is 16.7. The molecule has 1 saturated heterocycles. The molecule has 3 N–H and O–H groups in total. The van der Waals surface area contributed by atoms with Gasteiger partial charge in [0, 0.05) is 28.8 Å². The Bertz CT molecular complexity index is 1250. The minimum atomic E-state index is -5.10. The molecule has 4 unspecified atom stereocenters. The number of rotatable bonds is 5. The highest BCUT2D eigenvalue weighted by Crippen LogP contribution is 2.74. The topological polar surface area (TPSA) is 104 Å². The molecule has 2 aliphatic rings. The molecule has 194 valence electrons. The lowest BCUT2D eigenvalue weighted by atomic mass is 9.51. The predicted octanol–water partition coefficient (Wildman–Crippen LogP) is 4.12. The Labute approximate surface area is 211 Å². The number of nitrogens with one attached hydrogen (secondary N) is 1. The number of carbonyl (C=O) groups is 2. The van der Waals surface area contributed by atoms with Crippen LogP contribution in [0.2, 0.25) is 0 Å². The van der Waals surface area contributed by atoms with Crippen molar-refractivity contribution in [3.63, 3.8) is 0 Å². The fourth-order valence-corrected chi connectivity index (χ4v) is 6.32. The van der Waals surface area contributed by atoms with Crippen LogP contribution >= 0.6 is 23.2 Å². The van der Waals surface area contributed by atoms with E-state index in [1.807, 2.05) is 0 Å². The number of pyridine rings is 1. The van der Waals surface area contributed by atoms with Gasteiger partial charge in [-0.25, -0.2) is 4.39 Å². The zero-order valence-electron chi connectivity index (χ0n) is 18.5. The summed E-state index contributed by atoms with van der Waals surface area (Å²) >= 11 is 12.4. The summed E-state index contributed by atoms with van der Waals surface area (Å²) in [4.78, 5) is 28.5. The number of carbonyl (C=O) groups excluding carboxylic acids is 2. The number of halogens is 7. The van der Waals surface area contributed by atoms with E-state index in [1.54, 1.807) is 0 Å². The molecule has 2 amide bonds. The van der Waals surface area contributed by atoms with E-state index in [0.29, 0.717) is 6.07 Å².